The van der Waals surface area contributed by atoms with Gasteiger partial charge in [0.1, 0.15) is 5.69 Å². The number of benzene rings is 1. The summed E-state index contributed by atoms with van der Waals surface area (Å²) in [5.41, 5.74) is 5.92. The lowest BCUT2D eigenvalue weighted by Crippen LogP contribution is -2.43. The van der Waals surface area contributed by atoms with Crippen LogP contribution in [0.2, 0.25) is 0 Å². The molecule has 2 N–H and O–H groups in total. The van der Waals surface area contributed by atoms with Crippen LogP contribution in [-0.4, -0.2) is 49.5 Å². The summed E-state index contributed by atoms with van der Waals surface area (Å²) in [6.45, 7) is 5.06. The molecule has 1 aromatic rings. The molecule has 7 nitrogen and oxygen atoms in total. The molecule has 0 aliphatic heterocycles. The molecule has 0 unspecified atom stereocenters. The smallest absolute Gasteiger partial charge is 0.292 e. The first kappa shape index (κ1) is 17.9. The van der Waals surface area contributed by atoms with Crippen LogP contribution in [0.4, 0.5) is 11.4 Å². The van der Waals surface area contributed by atoms with Crippen molar-refractivity contribution in [3.63, 3.8) is 0 Å². The highest BCUT2D eigenvalue weighted by atomic mass is 16.6. The number of likely N-dealkylation sites (N-methyl/N-ethyl adjacent to an activating group) is 2. The predicted octanol–water partition coefficient (Wildman–Crippen LogP) is 1.47. The van der Waals surface area contributed by atoms with E-state index in [-0.39, 0.29) is 23.6 Å². The number of carbonyl (C=O) groups excluding carboxylic acids is 1. The van der Waals surface area contributed by atoms with Crippen LogP contribution in [0.3, 0.4) is 0 Å². The Morgan fingerprint density at radius 1 is 1.32 bits per heavy atom. The lowest BCUT2D eigenvalue weighted by Gasteiger charge is -2.30. The molecule has 0 heterocycles. The van der Waals surface area contributed by atoms with Gasteiger partial charge in [0.25, 0.3) is 5.69 Å². The number of nitro benzene ring substituents is 1. The highest BCUT2D eigenvalue weighted by molar-refractivity contribution is 5.82. The third-order valence-corrected chi connectivity index (χ3v) is 3.51. The summed E-state index contributed by atoms with van der Waals surface area (Å²) >= 11 is 0. The van der Waals surface area contributed by atoms with Crippen molar-refractivity contribution in [2.45, 2.75) is 13.8 Å². The van der Waals surface area contributed by atoms with Crippen molar-refractivity contribution in [1.29, 1.82) is 0 Å². The molecular formula is C15H24N4O3. The van der Waals surface area contributed by atoms with Crippen LogP contribution in [0.1, 0.15) is 13.8 Å². The molecule has 1 rings (SSSR count). The molecule has 0 spiro atoms. The van der Waals surface area contributed by atoms with Gasteiger partial charge in [-0.2, -0.15) is 0 Å². The summed E-state index contributed by atoms with van der Waals surface area (Å²) in [4.78, 5) is 26.1. The molecule has 22 heavy (non-hydrogen) atoms. The third-order valence-electron chi connectivity index (χ3n) is 3.51. The van der Waals surface area contributed by atoms with Gasteiger partial charge in [0.2, 0.25) is 5.91 Å². The van der Waals surface area contributed by atoms with Crippen molar-refractivity contribution in [3.8, 4) is 0 Å². The van der Waals surface area contributed by atoms with Crippen molar-refractivity contribution < 1.29 is 9.72 Å². The zero-order valence-corrected chi connectivity index (χ0v) is 13.6. The van der Waals surface area contributed by atoms with Gasteiger partial charge < -0.3 is 15.5 Å². The molecule has 0 atom stereocenters. The van der Waals surface area contributed by atoms with Gasteiger partial charge in [0.15, 0.2) is 0 Å². The number of para-hydroxylation sites is 2. The Labute approximate surface area is 130 Å². The van der Waals surface area contributed by atoms with E-state index >= 15 is 0 Å². The van der Waals surface area contributed by atoms with Crippen LogP contribution in [0.25, 0.3) is 0 Å². The lowest BCUT2D eigenvalue weighted by molar-refractivity contribution is -0.384. The summed E-state index contributed by atoms with van der Waals surface area (Å²) < 4.78 is 0. The fourth-order valence-corrected chi connectivity index (χ4v) is 2.14. The third kappa shape index (κ3) is 4.70. The lowest BCUT2D eigenvalue weighted by atomic mass is 9.93. The van der Waals surface area contributed by atoms with Gasteiger partial charge in [-0.15, -0.1) is 0 Å². The molecule has 0 aliphatic rings. The Hall–Kier alpha value is -2.15. The maximum Gasteiger partial charge on any atom is 0.292 e. The van der Waals surface area contributed by atoms with Crippen LogP contribution < -0.4 is 10.6 Å². The van der Waals surface area contributed by atoms with Gasteiger partial charge in [-0.1, -0.05) is 26.0 Å². The molecule has 0 aliphatic carbocycles. The second-order valence-corrected chi connectivity index (χ2v) is 6.22. The molecule has 7 heteroatoms. The van der Waals surface area contributed by atoms with Crippen molar-refractivity contribution in [2.75, 3.05) is 38.6 Å². The first-order chi connectivity index (χ1) is 10.2. The molecule has 0 saturated heterocycles. The van der Waals surface area contributed by atoms with Crippen LogP contribution in [0, 0.1) is 15.5 Å². The quantitative estimate of drug-likeness (QED) is 0.608. The minimum absolute atomic E-state index is 0.0114. The van der Waals surface area contributed by atoms with Gasteiger partial charge in [-0.05, 0) is 18.0 Å². The van der Waals surface area contributed by atoms with Crippen molar-refractivity contribution in [2.24, 2.45) is 11.1 Å². The van der Waals surface area contributed by atoms with Gasteiger partial charge >= 0.3 is 0 Å². The number of rotatable bonds is 7. The molecule has 1 amide bonds. The summed E-state index contributed by atoms with van der Waals surface area (Å²) in [6.07, 6.45) is 0. The minimum Gasteiger partial charge on any atom is -0.360 e. The molecule has 0 bridgehead atoms. The van der Waals surface area contributed by atoms with Crippen LogP contribution in [0.5, 0.6) is 0 Å². The molecule has 122 valence electrons. The largest absolute Gasteiger partial charge is 0.360 e. The van der Waals surface area contributed by atoms with E-state index in [1.165, 1.54) is 6.07 Å². The number of anilines is 1. The van der Waals surface area contributed by atoms with E-state index in [1.54, 1.807) is 42.1 Å². The Bertz CT molecular complexity index is 545. The van der Waals surface area contributed by atoms with Gasteiger partial charge in [-0.25, -0.2) is 0 Å². The number of nitrogens with two attached hydrogens (primary N) is 1. The second kappa shape index (κ2) is 7.22. The number of nitrogens with zero attached hydrogens (tertiary/aromatic N) is 3. The summed E-state index contributed by atoms with van der Waals surface area (Å²) in [5, 5.41) is 11.0. The standard InChI is InChI=1S/C15H24N4O3/c1-15(2,10-16)11-18(4)14(20)9-17(3)12-7-5-6-8-13(12)19(21)22/h5-8H,9-11,16H2,1-4H3. The number of amides is 1. The highest BCUT2D eigenvalue weighted by Crippen LogP contribution is 2.26. The Morgan fingerprint density at radius 3 is 2.45 bits per heavy atom. The maximum atomic E-state index is 12.3. The van der Waals surface area contributed by atoms with Crippen molar-refractivity contribution in [1.82, 2.24) is 4.90 Å². The molecule has 0 fully saturated rings. The monoisotopic (exact) mass is 308 g/mol. The van der Waals surface area contributed by atoms with E-state index < -0.39 is 4.92 Å². The van der Waals surface area contributed by atoms with Gasteiger partial charge in [0, 0.05) is 26.7 Å². The maximum absolute atomic E-state index is 12.3. The minimum atomic E-state index is -0.447. The van der Waals surface area contributed by atoms with Gasteiger partial charge in [-0.3, -0.25) is 14.9 Å². The predicted molar refractivity (Wildman–Crippen MR) is 86.8 cm³/mol. The van der Waals surface area contributed by atoms with Crippen LogP contribution >= 0.6 is 0 Å². The SMILES string of the molecule is CN(CC(C)(C)CN)C(=O)CN(C)c1ccccc1[N+](=O)[O-]. The zero-order valence-electron chi connectivity index (χ0n) is 13.6. The fraction of sp³-hybridized carbons (Fsp3) is 0.533. The van der Waals surface area contributed by atoms with E-state index in [2.05, 4.69) is 0 Å². The topological polar surface area (TPSA) is 92.7 Å². The van der Waals surface area contributed by atoms with Crippen LogP contribution in [0.15, 0.2) is 24.3 Å². The zero-order chi connectivity index (χ0) is 16.9. The molecular weight excluding hydrogens is 284 g/mol. The summed E-state index contributed by atoms with van der Waals surface area (Å²) in [6, 6.07) is 6.38. The number of hydrogen-bond acceptors (Lipinski definition) is 5. The summed E-state index contributed by atoms with van der Waals surface area (Å²) in [5.74, 6) is -0.109. The Balaban J connectivity index is 2.78. The Kier molecular flexibility index (Phi) is 5.87. The molecule has 0 radical (unpaired) electrons. The fourth-order valence-electron chi connectivity index (χ4n) is 2.14. The average Bonchev–Trinajstić information content (AvgIpc) is 2.46. The first-order valence-corrected chi connectivity index (χ1v) is 7.06. The van der Waals surface area contributed by atoms with E-state index in [1.807, 2.05) is 13.8 Å². The van der Waals surface area contributed by atoms with E-state index in [0.29, 0.717) is 18.8 Å². The van der Waals surface area contributed by atoms with Crippen molar-refractivity contribution in [3.05, 3.63) is 34.4 Å². The number of nitro groups is 1. The Morgan fingerprint density at radius 2 is 1.91 bits per heavy atom. The summed E-state index contributed by atoms with van der Waals surface area (Å²) in [7, 11) is 3.38. The molecule has 1 aromatic carbocycles. The molecule has 0 aromatic heterocycles. The normalized spacial score (nSPS) is 11.1. The van der Waals surface area contributed by atoms with E-state index in [9.17, 15) is 14.9 Å². The highest BCUT2D eigenvalue weighted by Gasteiger charge is 2.23. The average molecular weight is 308 g/mol. The van der Waals surface area contributed by atoms with E-state index in [0.717, 1.165) is 0 Å². The van der Waals surface area contributed by atoms with Crippen LogP contribution in [-0.2, 0) is 4.79 Å². The van der Waals surface area contributed by atoms with Crippen molar-refractivity contribution >= 4 is 17.3 Å². The number of hydrogen-bond donors (Lipinski definition) is 1. The molecule has 0 saturated carbocycles. The van der Waals surface area contributed by atoms with Gasteiger partial charge in [0.05, 0.1) is 11.5 Å². The first-order valence-electron chi connectivity index (χ1n) is 7.06. The van der Waals surface area contributed by atoms with E-state index in [4.69, 9.17) is 5.73 Å². The second-order valence-electron chi connectivity index (χ2n) is 6.22. The number of carbonyl (C=O) groups is 1.